The Morgan fingerprint density at radius 1 is 1.43 bits per heavy atom. The number of halogens is 1. The first-order valence-electron chi connectivity index (χ1n) is 8.44. The van der Waals surface area contributed by atoms with Crippen molar-refractivity contribution in [2.45, 2.75) is 39.7 Å². The fourth-order valence-corrected chi connectivity index (χ4v) is 5.60. The standard InChI is InChI=1S/C18H23ClN2OS/c1-18(2)12-4-3-11(14(18)7-12)8-20-9-13-10-22-17(21-13)16-15(19)5-6-23-16/h5-6,10-12,14,20H,3-4,7-9H2,1-2H3/t11-,12-,14-/m0/s1. The fraction of sp³-hybridized carbons (Fsp3) is 0.611. The van der Waals surface area contributed by atoms with Crippen molar-refractivity contribution in [1.82, 2.24) is 10.3 Å². The first-order valence-corrected chi connectivity index (χ1v) is 9.70. The van der Waals surface area contributed by atoms with Crippen LogP contribution >= 0.6 is 22.9 Å². The molecule has 3 fully saturated rings. The number of hydrogen-bond donors (Lipinski definition) is 1. The van der Waals surface area contributed by atoms with Gasteiger partial charge in [0.25, 0.3) is 0 Å². The highest BCUT2D eigenvalue weighted by Gasteiger charge is 2.53. The third-order valence-corrected chi connectivity index (χ3v) is 7.41. The largest absolute Gasteiger partial charge is 0.443 e. The van der Waals surface area contributed by atoms with Gasteiger partial charge in [0.05, 0.1) is 10.7 Å². The second-order valence-electron chi connectivity index (χ2n) is 7.57. The van der Waals surface area contributed by atoms with Crippen LogP contribution in [0.25, 0.3) is 10.8 Å². The number of aromatic nitrogens is 1. The van der Waals surface area contributed by atoms with Gasteiger partial charge in [0.2, 0.25) is 5.89 Å². The maximum atomic E-state index is 6.13. The van der Waals surface area contributed by atoms with Crippen LogP contribution in [0.5, 0.6) is 0 Å². The van der Waals surface area contributed by atoms with Gasteiger partial charge in [-0.1, -0.05) is 25.4 Å². The molecule has 5 rings (SSSR count). The van der Waals surface area contributed by atoms with Gasteiger partial charge in [-0.15, -0.1) is 11.3 Å². The van der Waals surface area contributed by atoms with Crippen LogP contribution in [-0.4, -0.2) is 11.5 Å². The average molecular weight is 351 g/mol. The number of nitrogens with zero attached hydrogens (tertiary/aromatic N) is 1. The van der Waals surface area contributed by atoms with Crippen LogP contribution in [0.4, 0.5) is 0 Å². The minimum atomic E-state index is 0.557. The van der Waals surface area contributed by atoms with Gasteiger partial charge >= 0.3 is 0 Å². The number of oxazole rings is 1. The van der Waals surface area contributed by atoms with Crippen molar-refractivity contribution < 1.29 is 4.42 Å². The van der Waals surface area contributed by atoms with Crippen LogP contribution in [0.3, 0.4) is 0 Å². The maximum Gasteiger partial charge on any atom is 0.238 e. The summed E-state index contributed by atoms with van der Waals surface area (Å²) in [5, 5.41) is 6.25. The molecule has 0 aliphatic heterocycles. The van der Waals surface area contributed by atoms with Gasteiger partial charge in [0.15, 0.2) is 0 Å². The van der Waals surface area contributed by atoms with Crippen LogP contribution in [-0.2, 0) is 6.54 Å². The third kappa shape index (κ3) is 2.75. The Hall–Kier alpha value is -0.840. The maximum absolute atomic E-state index is 6.13. The molecule has 3 aliphatic rings. The minimum absolute atomic E-state index is 0.557. The zero-order valence-electron chi connectivity index (χ0n) is 13.6. The Balaban J connectivity index is 1.32. The summed E-state index contributed by atoms with van der Waals surface area (Å²) in [6.45, 7) is 6.75. The monoisotopic (exact) mass is 350 g/mol. The number of hydrogen-bond acceptors (Lipinski definition) is 4. The van der Waals surface area contributed by atoms with E-state index in [1.165, 1.54) is 19.3 Å². The molecule has 0 aromatic carbocycles. The van der Waals surface area contributed by atoms with E-state index in [9.17, 15) is 0 Å². The Morgan fingerprint density at radius 3 is 3.00 bits per heavy atom. The van der Waals surface area contributed by atoms with E-state index in [0.717, 1.165) is 41.4 Å². The molecule has 3 atom stereocenters. The second kappa shape index (κ2) is 5.91. The topological polar surface area (TPSA) is 38.1 Å². The number of thiophene rings is 1. The van der Waals surface area contributed by atoms with Crippen molar-refractivity contribution in [3.63, 3.8) is 0 Å². The smallest absolute Gasteiger partial charge is 0.238 e. The lowest BCUT2D eigenvalue weighted by molar-refractivity contribution is -0.103. The lowest BCUT2D eigenvalue weighted by atomic mass is 9.45. The summed E-state index contributed by atoms with van der Waals surface area (Å²) >= 11 is 7.69. The van der Waals surface area contributed by atoms with Gasteiger partial charge in [-0.25, -0.2) is 4.98 Å². The molecule has 0 amide bonds. The van der Waals surface area contributed by atoms with E-state index in [2.05, 4.69) is 24.1 Å². The SMILES string of the molecule is CC1(C)[C@H]2CC[C@@H](CNCc3coc(-c4sccc4Cl)n3)[C@@H]1C2. The second-order valence-corrected chi connectivity index (χ2v) is 8.89. The first-order chi connectivity index (χ1) is 11.1. The Kier molecular flexibility index (Phi) is 4.02. The normalized spacial score (nSPS) is 28.6. The summed E-state index contributed by atoms with van der Waals surface area (Å²) in [5.74, 6) is 3.31. The molecule has 2 aromatic heterocycles. The Morgan fingerprint density at radius 2 is 2.30 bits per heavy atom. The molecule has 2 aromatic rings. The molecule has 0 spiro atoms. The van der Waals surface area contributed by atoms with Crippen molar-refractivity contribution >= 4 is 22.9 Å². The van der Waals surface area contributed by atoms with Crippen molar-refractivity contribution in [2.24, 2.45) is 23.2 Å². The van der Waals surface area contributed by atoms with Gasteiger partial charge in [0, 0.05) is 6.54 Å². The molecular weight excluding hydrogens is 328 g/mol. The van der Waals surface area contributed by atoms with Crippen LogP contribution in [0, 0.1) is 23.2 Å². The highest BCUT2D eigenvalue weighted by Crippen LogP contribution is 2.61. The molecule has 0 radical (unpaired) electrons. The van der Waals surface area contributed by atoms with Crippen LogP contribution in [0.1, 0.15) is 38.8 Å². The molecule has 3 nitrogen and oxygen atoms in total. The number of fused-ring (bicyclic) bond motifs is 2. The van der Waals surface area contributed by atoms with Gasteiger partial charge in [-0.3, -0.25) is 0 Å². The lowest BCUT2D eigenvalue weighted by Gasteiger charge is -2.60. The molecule has 3 aliphatic carbocycles. The first kappa shape index (κ1) is 15.7. The van der Waals surface area contributed by atoms with E-state index in [-0.39, 0.29) is 0 Å². The molecule has 0 saturated heterocycles. The van der Waals surface area contributed by atoms with E-state index in [4.69, 9.17) is 16.0 Å². The van der Waals surface area contributed by atoms with E-state index in [1.807, 2.05) is 11.4 Å². The van der Waals surface area contributed by atoms with Crippen molar-refractivity contribution in [1.29, 1.82) is 0 Å². The van der Waals surface area contributed by atoms with Crippen molar-refractivity contribution in [2.75, 3.05) is 6.54 Å². The highest BCUT2D eigenvalue weighted by atomic mass is 35.5. The molecule has 2 bridgehead atoms. The van der Waals surface area contributed by atoms with E-state index in [1.54, 1.807) is 17.6 Å². The minimum Gasteiger partial charge on any atom is -0.443 e. The van der Waals surface area contributed by atoms with Gasteiger partial charge in [0.1, 0.15) is 11.1 Å². The number of rotatable bonds is 5. The van der Waals surface area contributed by atoms with Crippen LogP contribution in [0.15, 0.2) is 22.1 Å². The molecule has 124 valence electrons. The molecule has 5 heteroatoms. The van der Waals surface area contributed by atoms with Crippen molar-refractivity contribution in [3.05, 3.63) is 28.4 Å². The predicted octanol–water partition coefficient (Wildman–Crippen LogP) is 5.22. The average Bonchev–Trinajstić information content (AvgIpc) is 3.16. The summed E-state index contributed by atoms with van der Waals surface area (Å²) in [4.78, 5) is 5.46. The van der Waals surface area contributed by atoms with E-state index in [0.29, 0.717) is 16.3 Å². The summed E-state index contributed by atoms with van der Waals surface area (Å²) < 4.78 is 5.57. The van der Waals surface area contributed by atoms with E-state index >= 15 is 0 Å². The predicted molar refractivity (Wildman–Crippen MR) is 94.6 cm³/mol. The molecule has 1 N–H and O–H groups in total. The van der Waals surface area contributed by atoms with E-state index < -0.39 is 0 Å². The summed E-state index contributed by atoms with van der Waals surface area (Å²) in [6, 6.07) is 1.88. The third-order valence-electron chi connectivity index (χ3n) is 6.08. The quantitative estimate of drug-likeness (QED) is 0.803. The molecule has 3 saturated carbocycles. The molecule has 0 unspecified atom stereocenters. The zero-order valence-corrected chi connectivity index (χ0v) is 15.2. The van der Waals surface area contributed by atoms with Gasteiger partial charge in [-0.2, -0.15) is 0 Å². The van der Waals surface area contributed by atoms with Crippen molar-refractivity contribution in [3.8, 4) is 10.8 Å². The molecular formula is C18H23ClN2OS. The number of nitrogens with one attached hydrogen (secondary N) is 1. The van der Waals surface area contributed by atoms with Crippen LogP contribution < -0.4 is 5.32 Å². The Labute approximate surface area is 146 Å². The summed E-state index contributed by atoms with van der Waals surface area (Å²) in [7, 11) is 0. The highest BCUT2D eigenvalue weighted by molar-refractivity contribution is 7.14. The summed E-state index contributed by atoms with van der Waals surface area (Å²) in [5.41, 5.74) is 1.51. The van der Waals surface area contributed by atoms with Gasteiger partial charge in [-0.05, 0) is 60.4 Å². The zero-order chi connectivity index (χ0) is 16.0. The van der Waals surface area contributed by atoms with Crippen LogP contribution in [0.2, 0.25) is 5.02 Å². The molecule has 23 heavy (non-hydrogen) atoms. The Bertz CT molecular complexity index is 691. The van der Waals surface area contributed by atoms with Gasteiger partial charge < -0.3 is 9.73 Å². The summed E-state index contributed by atoms with van der Waals surface area (Å²) in [6.07, 6.45) is 5.95. The molecule has 2 heterocycles. The lowest BCUT2D eigenvalue weighted by Crippen LogP contribution is -2.54. The fourth-order valence-electron chi connectivity index (χ4n) is 4.53.